The molecule has 4 rings (SSSR count). The number of halogens is 1. The lowest BCUT2D eigenvalue weighted by molar-refractivity contribution is -0.0956. The van der Waals surface area contributed by atoms with E-state index in [2.05, 4.69) is 4.72 Å². The van der Waals surface area contributed by atoms with Crippen molar-refractivity contribution in [3.63, 3.8) is 0 Å². The molecule has 0 saturated carbocycles. The van der Waals surface area contributed by atoms with E-state index < -0.39 is 10.0 Å². The first-order valence-corrected chi connectivity index (χ1v) is 12.5. The van der Waals surface area contributed by atoms with Crippen LogP contribution in [0.1, 0.15) is 34.3 Å². The fourth-order valence-electron chi connectivity index (χ4n) is 4.05. The number of anilines is 1. The Morgan fingerprint density at radius 2 is 1.72 bits per heavy atom. The molecule has 2 heterocycles. The number of hydrogen-bond acceptors (Lipinski definition) is 5. The Hall–Kier alpha value is -2.13. The third-order valence-electron chi connectivity index (χ3n) is 6.10. The van der Waals surface area contributed by atoms with Crippen LogP contribution in [0.4, 0.5) is 5.69 Å². The van der Waals surface area contributed by atoms with Crippen LogP contribution >= 0.6 is 11.6 Å². The monoisotopic (exact) mass is 478 g/mol. The minimum atomic E-state index is -3.88. The summed E-state index contributed by atoms with van der Waals surface area (Å²) in [7, 11) is -3.88. The quantitative estimate of drug-likeness (QED) is 0.702. The van der Waals surface area contributed by atoms with Crippen molar-refractivity contribution in [3.05, 3.63) is 58.1 Å². The summed E-state index contributed by atoms with van der Waals surface area (Å²) in [5, 5.41) is 0.227. The lowest BCUT2D eigenvalue weighted by Gasteiger charge is -2.34. The van der Waals surface area contributed by atoms with Crippen LogP contribution in [0.2, 0.25) is 5.02 Å². The summed E-state index contributed by atoms with van der Waals surface area (Å²) in [4.78, 5) is 14.8. The molecule has 0 radical (unpaired) electrons. The average molecular weight is 479 g/mol. The molecule has 1 amide bonds. The second kappa shape index (κ2) is 9.39. The number of sulfonamides is 1. The first-order chi connectivity index (χ1) is 15.2. The zero-order chi connectivity index (χ0) is 22.9. The van der Waals surface area contributed by atoms with Gasteiger partial charge < -0.3 is 14.4 Å². The zero-order valence-corrected chi connectivity index (χ0v) is 19.7. The Bertz CT molecular complexity index is 1110. The van der Waals surface area contributed by atoms with Crippen molar-refractivity contribution in [2.45, 2.75) is 37.9 Å². The molecule has 2 aromatic carbocycles. The summed E-state index contributed by atoms with van der Waals surface area (Å²) in [6, 6.07) is 9.55. The van der Waals surface area contributed by atoms with Gasteiger partial charge in [-0.05, 0) is 68.1 Å². The molecule has 7 nitrogen and oxygen atoms in total. The Kier molecular flexibility index (Phi) is 6.76. The van der Waals surface area contributed by atoms with Crippen LogP contribution in [0, 0.1) is 19.8 Å². The molecule has 9 heteroatoms. The topological polar surface area (TPSA) is 84.9 Å². The molecule has 2 aromatic rings. The molecule has 0 atom stereocenters. The molecule has 2 saturated heterocycles. The van der Waals surface area contributed by atoms with E-state index in [9.17, 15) is 13.2 Å². The van der Waals surface area contributed by atoms with E-state index in [4.69, 9.17) is 21.1 Å². The van der Waals surface area contributed by atoms with Gasteiger partial charge in [-0.2, -0.15) is 0 Å². The lowest BCUT2D eigenvalue weighted by atomic mass is 9.95. The van der Waals surface area contributed by atoms with Gasteiger partial charge >= 0.3 is 0 Å². The van der Waals surface area contributed by atoms with Gasteiger partial charge in [0.25, 0.3) is 15.9 Å². The fraction of sp³-hybridized carbons (Fsp3) is 0.435. The van der Waals surface area contributed by atoms with Gasteiger partial charge in [0.1, 0.15) is 0 Å². The summed E-state index contributed by atoms with van der Waals surface area (Å²) < 4.78 is 39.6. The van der Waals surface area contributed by atoms with E-state index in [1.807, 2.05) is 19.9 Å². The van der Waals surface area contributed by atoms with Crippen LogP contribution in [0.3, 0.4) is 0 Å². The number of piperidine rings is 1. The molecule has 2 fully saturated rings. The van der Waals surface area contributed by atoms with Crippen molar-refractivity contribution in [2.24, 2.45) is 5.92 Å². The third kappa shape index (κ3) is 4.93. The Morgan fingerprint density at radius 3 is 2.38 bits per heavy atom. The SMILES string of the molecule is Cc1ccc(NS(=O)(=O)c2ccc(Cl)c(C(=O)N3CCC(C4OCCO4)CC3)c2)cc1C. The van der Waals surface area contributed by atoms with Crippen molar-refractivity contribution in [1.29, 1.82) is 0 Å². The summed E-state index contributed by atoms with van der Waals surface area (Å²) in [6.07, 6.45) is 1.33. The molecule has 2 aliphatic rings. The largest absolute Gasteiger partial charge is 0.350 e. The number of nitrogens with one attached hydrogen (secondary N) is 1. The van der Waals surface area contributed by atoms with Crippen LogP contribution in [-0.4, -0.2) is 51.8 Å². The molecule has 0 aliphatic carbocycles. The van der Waals surface area contributed by atoms with E-state index >= 15 is 0 Å². The predicted molar refractivity (Wildman–Crippen MR) is 122 cm³/mol. The molecule has 1 N–H and O–H groups in total. The third-order valence-corrected chi connectivity index (χ3v) is 7.81. The normalized spacial score (nSPS) is 18.2. The highest BCUT2D eigenvalue weighted by Gasteiger charge is 2.32. The number of aryl methyl sites for hydroxylation is 2. The van der Waals surface area contributed by atoms with Crippen LogP contribution in [-0.2, 0) is 19.5 Å². The van der Waals surface area contributed by atoms with E-state index in [0.29, 0.717) is 32.0 Å². The van der Waals surface area contributed by atoms with Gasteiger partial charge in [0.05, 0.1) is 28.7 Å². The summed E-state index contributed by atoms with van der Waals surface area (Å²) >= 11 is 6.29. The minimum Gasteiger partial charge on any atom is -0.350 e. The Morgan fingerprint density at radius 1 is 1.03 bits per heavy atom. The average Bonchev–Trinajstić information content (AvgIpc) is 3.31. The van der Waals surface area contributed by atoms with Crippen LogP contribution in [0.5, 0.6) is 0 Å². The highest BCUT2D eigenvalue weighted by Crippen LogP contribution is 2.29. The second-order valence-electron chi connectivity index (χ2n) is 8.29. The Balaban J connectivity index is 1.49. The summed E-state index contributed by atoms with van der Waals surface area (Å²) in [6.45, 7) is 6.18. The molecular weight excluding hydrogens is 452 g/mol. The highest BCUT2D eigenvalue weighted by atomic mass is 35.5. The number of nitrogens with zero attached hydrogens (tertiary/aromatic N) is 1. The van der Waals surface area contributed by atoms with Crippen LogP contribution in [0.25, 0.3) is 0 Å². The van der Waals surface area contributed by atoms with Crippen LogP contribution < -0.4 is 4.72 Å². The highest BCUT2D eigenvalue weighted by molar-refractivity contribution is 7.92. The summed E-state index contributed by atoms with van der Waals surface area (Å²) in [5.74, 6) is -0.0177. The van der Waals surface area contributed by atoms with Gasteiger partial charge in [-0.3, -0.25) is 9.52 Å². The first-order valence-electron chi connectivity index (χ1n) is 10.7. The summed E-state index contributed by atoms with van der Waals surface area (Å²) in [5.41, 5.74) is 2.70. The van der Waals surface area contributed by atoms with Crippen LogP contribution in [0.15, 0.2) is 41.3 Å². The van der Waals surface area contributed by atoms with Gasteiger partial charge in [-0.1, -0.05) is 17.7 Å². The number of likely N-dealkylation sites (tertiary alicyclic amines) is 1. The van der Waals surface area contributed by atoms with Crippen molar-refractivity contribution < 1.29 is 22.7 Å². The standard InChI is InChI=1S/C23H27ClN2O5S/c1-15-3-4-18(13-16(15)2)25-32(28,29)19-5-6-21(24)20(14-19)22(27)26-9-7-17(8-10-26)23-30-11-12-31-23/h3-6,13-14,17,23,25H,7-12H2,1-2H3. The van der Waals surface area contributed by atoms with Crippen molar-refractivity contribution in [3.8, 4) is 0 Å². The molecule has 0 spiro atoms. The molecule has 0 bridgehead atoms. The van der Waals surface area contributed by atoms with Gasteiger partial charge in [-0.15, -0.1) is 0 Å². The number of carbonyl (C=O) groups is 1. The maximum Gasteiger partial charge on any atom is 0.261 e. The van der Waals surface area contributed by atoms with E-state index in [1.165, 1.54) is 18.2 Å². The molecule has 32 heavy (non-hydrogen) atoms. The van der Waals surface area contributed by atoms with Gasteiger partial charge in [0, 0.05) is 24.7 Å². The van der Waals surface area contributed by atoms with E-state index in [0.717, 1.165) is 24.0 Å². The molecular formula is C23H27ClN2O5S. The number of benzene rings is 2. The fourth-order valence-corrected chi connectivity index (χ4v) is 5.32. The number of ether oxygens (including phenoxy) is 2. The number of hydrogen-bond donors (Lipinski definition) is 1. The molecule has 172 valence electrons. The van der Waals surface area contributed by atoms with Crippen molar-refractivity contribution in [2.75, 3.05) is 31.0 Å². The molecule has 0 aromatic heterocycles. The molecule has 0 unspecified atom stereocenters. The van der Waals surface area contributed by atoms with Crippen molar-refractivity contribution in [1.82, 2.24) is 4.90 Å². The Labute approximate surface area is 193 Å². The van der Waals surface area contributed by atoms with Crippen molar-refractivity contribution >= 4 is 33.2 Å². The smallest absolute Gasteiger partial charge is 0.261 e. The minimum absolute atomic E-state index is 0.00822. The van der Waals surface area contributed by atoms with E-state index in [1.54, 1.807) is 17.0 Å². The maximum absolute atomic E-state index is 13.1. The van der Waals surface area contributed by atoms with Gasteiger partial charge in [0.2, 0.25) is 0 Å². The van der Waals surface area contributed by atoms with Gasteiger partial charge in [0.15, 0.2) is 6.29 Å². The number of amides is 1. The zero-order valence-electron chi connectivity index (χ0n) is 18.1. The first kappa shape index (κ1) is 23.0. The molecule has 2 aliphatic heterocycles. The number of carbonyl (C=O) groups excluding carboxylic acids is 1. The lowest BCUT2D eigenvalue weighted by Crippen LogP contribution is -2.41. The van der Waals surface area contributed by atoms with E-state index in [-0.39, 0.29) is 33.6 Å². The second-order valence-corrected chi connectivity index (χ2v) is 10.4. The maximum atomic E-state index is 13.1. The number of rotatable bonds is 5. The van der Waals surface area contributed by atoms with Gasteiger partial charge in [-0.25, -0.2) is 8.42 Å². The predicted octanol–water partition coefficient (Wildman–Crippen LogP) is 3.98.